The Labute approximate surface area is 72.9 Å². The maximum Gasteiger partial charge on any atom is 0.186 e. The standard InChI is InChI=1S/C10H13NO/c1-3-11-9(2)12-10-7-5-4-6-8-10/h4-8,11H,2-3H2,1H3. The van der Waals surface area contributed by atoms with Crippen LogP contribution >= 0.6 is 0 Å². The molecule has 1 N–H and O–H groups in total. The summed E-state index contributed by atoms with van der Waals surface area (Å²) < 4.78 is 5.35. The van der Waals surface area contributed by atoms with E-state index < -0.39 is 0 Å². The molecule has 64 valence electrons. The zero-order valence-electron chi connectivity index (χ0n) is 7.21. The highest BCUT2D eigenvalue weighted by Crippen LogP contribution is 2.10. The number of hydrogen-bond donors (Lipinski definition) is 1. The van der Waals surface area contributed by atoms with E-state index >= 15 is 0 Å². The van der Waals surface area contributed by atoms with Gasteiger partial charge in [0.15, 0.2) is 5.88 Å². The van der Waals surface area contributed by atoms with Crippen LogP contribution in [0.3, 0.4) is 0 Å². The van der Waals surface area contributed by atoms with Crippen molar-refractivity contribution in [2.75, 3.05) is 6.54 Å². The molecule has 0 atom stereocenters. The van der Waals surface area contributed by atoms with Crippen LogP contribution in [0.25, 0.3) is 0 Å². The fraction of sp³-hybridized carbons (Fsp3) is 0.200. The Morgan fingerprint density at radius 1 is 1.42 bits per heavy atom. The van der Waals surface area contributed by atoms with E-state index in [1.807, 2.05) is 37.3 Å². The molecule has 0 aliphatic heterocycles. The van der Waals surface area contributed by atoms with Crippen LogP contribution in [0.5, 0.6) is 5.75 Å². The van der Waals surface area contributed by atoms with Gasteiger partial charge in [-0.1, -0.05) is 18.2 Å². The molecular formula is C10H13NO. The maximum absolute atomic E-state index is 5.35. The van der Waals surface area contributed by atoms with Gasteiger partial charge in [-0.05, 0) is 25.6 Å². The van der Waals surface area contributed by atoms with Gasteiger partial charge in [0.05, 0.1) is 0 Å². The largest absolute Gasteiger partial charge is 0.442 e. The molecule has 0 unspecified atom stereocenters. The van der Waals surface area contributed by atoms with E-state index in [2.05, 4.69) is 11.9 Å². The van der Waals surface area contributed by atoms with Crippen molar-refractivity contribution in [2.45, 2.75) is 6.92 Å². The summed E-state index contributed by atoms with van der Waals surface area (Å²) in [7, 11) is 0. The van der Waals surface area contributed by atoms with E-state index in [4.69, 9.17) is 4.74 Å². The van der Waals surface area contributed by atoms with Gasteiger partial charge in [-0.15, -0.1) is 0 Å². The number of para-hydroxylation sites is 1. The van der Waals surface area contributed by atoms with Crippen LogP contribution < -0.4 is 10.1 Å². The number of benzene rings is 1. The lowest BCUT2D eigenvalue weighted by molar-refractivity contribution is 0.387. The minimum atomic E-state index is 0.587. The van der Waals surface area contributed by atoms with Crippen molar-refractivity contribution in [2.24, 2.45) is 0 Å². The van der Waals surface area contributed by atoms with E-state index in [9.17, 15) is 0 Å². The van der Waals surface area contributed by atoms with E-state index in [0.717, 1.165) is 12.3 Å². The highest BCUT2D eigenvalue weighted by molar-refractivity contribution is 5.22. The molecule has 0 heterocycles. The molecule has 0 spiro atoms. The van der Waals surface area contributed by atoms with E-state index in [1.165, 1.54) is 0 Å². The highest BCUT2D eigenvalue weighted by atomic mass is 16.5. The van der Waals surface area contributed by atoms with Gasteiger partial charge in [0.25, 0.3) is 0 Å². The van der Waals surface area contributed by atoms with Crippen molar-refractivity contribution in [3.8, 4) is 5.75 Å². The monoisotopic (exact) mass is 163 g/mol. The topological polar surface area (TPSA) is 21.3 Å². The van der Waals surface area contributed by atoms with E-state index in [0.29, 0.717) is 5.88 Å². The Balaban J connectivity index is 2.47. The van der Waals surface area contributed by atoms with Crippen molar-refractivity contribution in [3.63, 3.8) is 0 Å². The van der Waals surface area contributed by atoms with Crippen LogP contribution in [-0.4, -0.2) is 6.54 Å². The third-order valence-electron chi connectivity index (χ3n) is 1.36. The summed E-state index contributed by atoms with van der Waals surface area (Å²) in [5.74, 6) is 1.40. The second-order valence-electron chi connectivity index (χ2n) is 2.37. The molecule has 1 aromatic carbocycles. The number of ether oxygens (including phenoxy) is 1. The van der Waals surface area contributed by atoms with Crippen LogP contribution in [0.4, 0.5) is 0 Å². The average molecular weight is 163 g/mol. The van der Waals surface area contributed by atoms with Crippen LogP contribution in [0.2, 0.25) is 0 Å². The van der Waals surface area contributed by atoms with Crippen molar-refractivity contribution < 1.29 is 4.74 Å². The summed E-state index contributed by atoms with van der Waals surface area (Å²) in [6.45, 7) is 6.53. The molecule has 0 aliphatic rings. The molecule has 0 aliphatic carbocycles. The molecule has 0 aromatic heterocycles. The molecule has 1 aromatic rings. The highest BCUT2D eigenvalue weighted by Gasteiger charge is 1.93. The lowest BCUT2D eigenvalue weighted by atomic mass is 10.3. The minimum absolute atomic E-state index is 0.587. The van der Waals surface area contributed by atoms with Crippen molar-refractivity contribution in [1.82, 2.24) is 5.32 Å². The fourth-order valence-corrected chi connectivity index (χ4v) is 0.864. The quantitative estimate of drug-likeness (QED) is 0.687. The summed E-state index contributed by atoms with van der Waals surface area (Å²) >= 11 is 0. The van der Waals surface area contributed by atoms with E-state index in [1.54, 1.807) is 0 Å². The third-order valence-corrected chi connectivity index (χ3v) is 1.36. The summed E-state index contributed by atoms with van der Waals surface area (Å²) in [6, 6.07) is 9.58. The lowest BCUT2D eigenvalue weighted by Gasteiger charge is -2.08. The Bertz CT molecular complexity index is 243. The van der Waals surface area contributed by atoms with Crippen molar-refractivity contribution in [1.29, 1.82) is 0 Å². The Morgan fingerprint density at radius 2 is 2.08 bits per heavy atom. The maximum atomic E-state index is 5.35. The Kier molecular flexibility index (Phi) is 3.20. The smallest absolute Gasteiger partial charge is 0.186 e. The zero-order chi connectivity index (χ0) is 8.81. The molecule has 0 saturated heterocycles. The molecular weight excluding hydrogens is 150 g/mol. The van der Waals surface area contributed by atoms with Gasteiger partial charge in [0.1, 0.15) is 5.75 Å². The Morgan fingerprint density at radius 3 is 2.67 bits per heavy atom. The van der Waals surface area contributed by atoms with Crippen LogP contribution in [-0.2, 0) is 0 Å². The van der Waals surface area contributed by atoms with Gasteiger partial charge >= 0.3 is 0 Å². The third kappa shape index (κ3) is 2.66. The molecule has 0 radical (unpaired) electrons. The minimum Gasteiger partial charge on any atom is -0.442 e. The van der Waals surface area contributed by atoms with Crippen molar-refractivity contribution >= 4 is 0 Å². The SMILES string of the molecule is C=C(NCC)Oc1ccccc1. The molecule has 2 nitrogen and oxygen atoms in total. The summed E-state index contributed by atoms with van der Waals surface area (Å²) in [6.07, 6.45) is 0. The molecule has 0 fully saturated rings. The van der Waals surface area contributed by atoms with Crippen LogP contribution in [0.1, 0.15) is 6.92 Å². The first-order valence-corrected chi connectivity index (χ1v) is 3.98. The summed E-state index contributed by atoms with van der Waals surface area (Å²) in [5.41, 5.74) is 0. The molecule has 0 saturated carbocycles. The van der Waals surface area contributed by atoms with Gasteiger partial charge in [-0.2, -0.15) is 0 Å². The number of nitrogens with one attached hydrogen (secondary N) is 1. The van der Waals surface area contributed by atoms with Crippen LogP contribution in [0.15, 0.2) is 42.8 Å². The van der Waals surface area contributed by atoms with Gasteiger partial charge in [-0.3, -0.25) is 0 Å². The molecule has 1 rings (SSSR count). The second-order valence-corrected chi connectivity index (χ2v) is 2.37. The predicted octanol–water partition coefficient (Wildman–Crippen LogP) is 2.15. The van der Waals surface area contributed by atoms with E-state index in [-0.39, 0.29) is 0 Å². The van der Waals surface area contributed by atoms with Gasteiger partial charge in [0, 0.05) is 6.54 Å². The molecule has 0 bridgehead atoms. The normalized spacial score (nSPS) is 9.08. The summed E-state index contributed by atoms with van der Waals surface area (Å²) in [4.78, 5) is 0. The summed E-state index contributed by atoms with van der Waals surface area (Å²) in [5, 5.41) is 2.98. The fourth-order valence-electron chi connectivity index (χ4n) is 0.864. The molecule has 0 amide bonds. The first-order chi connectivity index (χ1) is 5.83. The first-order valence-electron chi connectivity index (χ1n) is 3.98. The number of rotatable bonds is 4. The first kappa shape index (κ1) is 8.65. The van der Waals surface area contributed by atoms with Gasteiger partial charge in [0.2, 0.25) is 0 Å². The predicted molar refractivity (Wildman–Crippen MR) is 49.9 cm³/mol. The average Bonchev–Trinajstić information content (AvgIpc) is 2.06. The Hall–Kier alpha value is -1.44. The second kappa shape index (κ2) is 4.44. The lowest BCUT2D eigenvalue weighted by Crippen LogP contribution is -2.15. The van der Waals surface area contributed by atoms with Gasteiger partial charge in [-0.25, -0.2) is 0 Å². The molecule has 2 heteroatoms. The van der Waals surface area contributed by atoms with Crippen molar-refractivity contribution in [3.05, 3.63) is 42.8 Å². The number of hydrogen-bond acceptors (Lipinski definition) is 2. The molecule has 12 heavy (non-hydrogen) atoms. The van der Waals surface area contributed by atoms with Crippen LogP contribution in [0, 0.1) is 0 Å². The zero-order valence-corrected chi connectivity index (χ0v) is 7.21. The van der Waals surface area contributed by atoms with Gasteiger partial charge < -0.3 is 10.1 Å².